The highest BCUT2D eigenvalue weighted by atomic mass is 31.2. The van der Waals surface area contributed by atoms with Gasteiger partial charge in [-0.2, -0.15) is 0 Å². The molecule has 0 rings (SSSR count). The lowest BCUT2D eigenvalue weighted by atomic mass is 10.0. The Hall–Kier alpha value is 0.327. The van der Waals surface area contributed by atoms with Crippen LogP contribution in [0, 0.1) is 0 Å². The van der Waals surface area contributed by atoms with Gasteiger partial charge >= 0.3 is 7.82 Å². The van der Waals surface area contributed by atoms with E-state index >= 15 is 0 Å². The lowest BCUT2D eigenvalue weighted by Gasteiger charge is -2.55. The fraction of sp³-hybridized carbons (Fsp3) is 1.00. The van der Waals surface area contributed by atoms with Crippen molar-refractivity contribution in [1.82, 2.24) is 0 Å². The summed E-state index contributed by atoms with van der Waals surface area (Å²) in [6.45, 7) is 22.4. The summed E-state index contributed by atoms with van der Waals surface area (Å²) in [5.74, 6) is 0. The summed E-state index contributed by atoms with van der Waals surface area (Å²) in [6.07, 6.45) is 8.20. The molecule has 6 heteroatoms. The first-order valence-electron chi connectivity index (χ1n) is 9.51. The van der Waals surface area contributed by atoms with E-state index in [1.54, 1.807) is 0 Å². The van der Waals surface area contributed by atoms with Crippen LogP contribution in [0.1, 0.15) is 101 Å². The van der Waals surface area contributed by atoms with Crippen LogP contribution in [-0.4, -0.2) is 23.5 Å². The van der Waals surface area contributed by atoms with Crippen molar-refractivity contribution >= 4 is 16.6 Å². The first-order chi connectivity index (χ1) is 10.7. The smallest absolute Gasteiger partial charge is 0.303 e. The molecule has 24 heavy (non-hydrogen) atoms. The van der Waals surface area contributed by atoms with Crippen molar-refractivity contribution in [3.05, 3.63) is 0 Å². The summed E-state index contributed by atoms with van der Waals surface area (Å²) in [4.78, 5) is 21.6. The average Bonchev–Trinajstić information content (AvgIpc) is 2.52. The first kappa shape index (κ1) is 26.6. The predicted octanol–water partition coefficient (Wildman–Crippen LogP) is 6.03. The van der Waals surface area contributed by atoms with Gasteiger partial charge in [0.1, 0.15) is 0 Å². The fourth-order valence-electron chi connectivity index (χ4n) is 4.50. The minimum atomic E-state index is -4.64. The molecule has 0 aliphatic heterocycles. The van der Waals surface area contributed by atoms with Crippen LogP contribution in [0.25, 0.3) is 0 Å². The molecule has 0 aliphatic carbocycles. The van der Waals surface area contributed by atoms with Crippen molar-refractivity contribution in [2.24, 2.45) is 0 Å². The second kappa shape index (κ2) is 10.5. The predicted molar refractivity (Wildman–Crippen MR) is 108 cm³/mol. The van der Waals surface area contributed by atoms with E-state index in [1.807, 2.05) is 0 Å². The van der Waals surface area contributed by atoms with Gasteiger partial charge in [-0.25, -0.2) is 4.57 Å². The van der Waals surface area contributed by atoms with E-state index < -0.39 is 16.6 Å². The van der Waals surface area contributed by atoms with Crippen molar-refractivity contribution in [1.29, 1.82) is 0 Å². The maximum absolute atomic E-state index is 8.88. The maximum atomic E-state index is 8.88. The Balaban J connectivity index is 0. The Kier molecular flexibility index (Phi) is 11.6. The van der Waals surface area contributed by atoms with Crippen LogP contribution in [0.5, 0.6) is 0 Å². The first-order valence-corrected chi connectivity index (χ1v) is 12.8. The lowest BCUT2D eigenvalue weighted by Crippen LogP contribution is -2.48. The minimum absolute atomic E-state index is 0.613. The fourth-order valence-corrected chi connectivity index (χ4v) is 12.0. The highest BCUT2D eigenvalue weighted by molar-refractivity contribution is 7.45. The molecule has 148 valence electrons. The van der Waals surface area contributed by atoms with E-state index in [2.05, 4.69) is 62.3 Å². The molecule has 0 unspecified atom stereocenters. The Morgan fingerprint density at radius 1 is 0.625 bits per heavy atom. The standard InChI is InChI=1S/C18H40Si.H3O4P/c1-10-16(7,11-2)19(17(8,12-3)13-4)18(9,14-5)15-6;1-5(2,3)4/h19H,10-15H2,1-9H3;(H3,1,2,3,4). The largest absolute Gasteiger partial charge is 0.466 e. The molecule has 0 saturated heterocycles. The molecular weight excluding hydrogens is 339 g/mol. The summed E-state index contributed by atoms with van der Waals surface area (Å²) in [5.41, 5.74) is 0. The van der Waals surface area contributed by atoms with Crippen molar-refractivity contribution in [2.75, 3.05) is 0 Å². The van der Waals surface area contributed by atoms with E-state index in [9.17, 15) is 0 Å². The van der Waals surface area contributed by atoms with Crippen LogP contribution in [0.3, 0.4) is 0 Å². The third-order valence-corrected chi connectivity index (χ3v) is 13.6. The molecule has 0 aliphatic rings. The molecule has 0 atom stereocenters. The summed E-state index contributed by atoms with van der Waals surface area (Å²) >= 11 is 0. The van der Waals surface area contributed by atoms with E-state index in [0.29, 0.717) is 15.1 Å². The van der Waals surface area contributed by atoms with Gasteiger partial charge in [0, 0.05) is 0 Å². The Bertz CT molecular complexity index is 331. The van der Waals surface area contributed by atoms with Crippen molar-refractivity contribution in [2.45, 2.75) is 116 Å². The van der Waals surface area contributed by atoms with Crippen LogP contribution >= 0.6 is 7.82 Å². The normalized spacial score (nSPS) is 13.7. The minimum Gasteiger partial charge on any atom is -0.303 e. The molecule has 0 radical (unpaired) electrons. The van der Waals surface area contributed by atoms with Gasteiger partial charge in [-0.1, -0.05) is 101 Å². The number of hydrogen-bond acceptors (Lipinski definition) is 1. The molecule has 0 aromatic rings. The molecular formula is C18H43O4PSi. The summed E-state index contributed by atoms with van der Waals surface area (Å²) < 4.78 is 8.88. The second-order valence-electron chi connectivity index (χ2n) is 8.03. The summed E-state index contributed by atoms with van der Waals surface area (Å²) in [5, 5.41) is 1.84. The zero-order chi connectivity index (χ0) is 19.8. The van der Waals surface area contributed by atoms with E-state index in [4.69, 9.17) is 19.2 Å². The molecule has 3 N–H and O–H groups in total. The van der Waals surface area contributed by atoms with Crippen LogP contribution in [0.4, 0.5) is 0 Å². The molecule has 0 aromatic heterocycles. The molecule has 0 heterocycles. The Morgan fingerprint density at radius 3 is 0.833 bits per heavy atom. The third-order valence-electron chi connectivity index (χ3n) is 6.94. The molecule has 0 spiro atoms. The SMILES string of the molecule is CCC(C)(CC)[SiH](C(C)(CC)CC)C(C)(CC)CC.O=P(O)(O)O. The summed E-state index contributed by atoms with van der Waals surface area (Å²) in [6, 6.07) is 0. The van der Waals surface area contributed by atoms with E-state index in [-0.39, 0.29) is 0 Å². The van der Waals surface area contributed by atoms with E-state index in [1.165, 1.54) is 38.5 Å². The quantitative estimate of drug-likeness (QED) is 0.336. The van der Waals surface area contributed by atoms with Crippen LogP contribution in [-0.2, 0) is 4.57 Å². The summed E-state index contributed by atoms with van der Waals surface area (Å²) in [7, 11) is -5.56. The molecule has 0 aromatic carbocycles. The second-order valence-corrected chi connectivity index (χ2v) is 14.1. The molecule has 0 fully saturated rings. The van der Waals surface area contributed by atoms with Gasteiger partial charge in [-0.15, -0.1) is 0 Å². The molecule has 4 nitrogen and oxygen atoms in total. The monoisotopic (exact) mass is 382 g/mol. The zero-order valence-electron chi connectivity index (χ0n) is 17.5. The average molecular weight is 383 g/mol. The highest BCUT2D eigenvalue weighted by Gasteiger charge is 2.51. The van der Waals surface area contributed by atoms with Gasteiger partial charge in [0.25, 0.3) is 0 Å². The van der Waals surface area contributed by atoms with Crippen LogP contribution in [0.15, 0.2) is 0 Å². The van der Waals surface area contributed by atoms with Crippen molar-refractivity contribution < 1.29 is 19.2 Å². The topological polar surface area (TPSA) is 77.8 Å². The zero-order valence-corrected chi connectivity index (χ0v) is 19.6. The molecule has 0 amide bonds. The van der Waals surface area contributed by atoms with Gasteiger partial charge < -0.3 is 14.7 Å². The van der Waals surface area contributed by atoms with Gasteiger partial charge in [-0.05, 0) is 15.1 Å². The third kappa shape index (κ3) is 7.70. The van der Waals surface area contributed by atoms with Gasteiger partial charge in [0.05, 0.1) is 8.80 Å². The maximum Gasteiger partial charge on any atom is 0.466 e. The van der Waals surface area contributed by atoms with Crippen molar-refractivity contribution in [3.8, 4) is 0 Å². The molecule has 0 bridgehead atoms. The van der Waals surface area contributed by atoms with Crippen molar-refractivity contribution in [3.63, 3.8) is 0 Å². The molecule has 0 saturated carbocycles. The number of hydrogen-bond donors (Lipinski definition) is 3. The van der Waals surface area contributed by atoms with E-state index in [0.717, 1.165) is 0 Å². The highest BCUT2D eigenvalue weighted by Crippen LogP contribution is 2.61. The number of phosphoric acid groups is 1. The number of rotatable bonds is 9. The van der Waals surface area contributed by atoms with Crippen LogP contribution < -0.4 is 0 Å². The lowest BCUT2D eigenvalue weighted by molar-refractivity contribution is 0.275. The van der Waals surface area contributed by atoms with Gasteiger partial charge in [0.15, 0.2) is 0 Å². The Morgan fingerprint density at radius 2 is 0.750 bits per heavy atom. The van der Waals surface area contributed by atoms with Gasteiger partial charge in [-0.3, -0.25) is 0 Å². The van der Waals surface area contributed by atoms with Crippen LogP contribution in [0.2, 0.25) is 15.1 Å². The Labute approximate surface area is 152 Å². The van der Waals surface area contributed by atoms with Gasteiger partial charge in [0.2, 0.25) is 0 Å².